The molecule has 0 saturated carbocycles. The lowest BCUT2D eigenvalue weighted by Crippen LogP contribution is -2.45. The number of hydrogen-bond donors (Lipinski definition) is 1. The third-order valence-electron chi connectivity index (χ3n) is 2.83. The van der Waals surface area contributed by atoms with Crippen LogP contribution in [-0.2, 0) is 9.53 Å². The highest BCUT2D eigenvalue weighted by atomic mass is 16.5. The number of nitrogens with two attached hydrogens (primary N) is 1. The van der Waals surface area contributed by atoms with Gasteiger partial charge in [-0.3, -0.25) is 4.79 Å². The van der Waals surface area contributed by atoms with Crippen molar-refractivity contribution < 1.29 is 9.53 Å². The van der Waals surface area contributed by atoms with Crippen LogP contribution < -0.4 is 5.73 Å². The predicted octanol–water partition coefficient (Wildman–Crippen LogP) is 1.78. The number of carbonyl (C=O) groups is 1. The summed E-state index contributed by atoms with van der Waals surface area (Å²) in [5, 5.41) is 0. The SMILES string of the molecule is CCCCN(CCCC)C(=O)C(N)CCOC. The third kappa shape index (κ3) is 7.34. The molecule has 0 spiro atoms. The van der Waals surface area contributed by atoms with Crippen molar-refractivity contribution in [3.05, 3.63) is 0 Å². The lowest BCUT2D eigenvalue weighted by Gasteiger charge is -2.25. The molecule has 4 heteroatoms. The summed E-state index contributed by atoms with van der Waals surface area (Å²) in [6.45, 7) is 6.47. The summed E-state index contributed by atoms with van der Waals surface area (Å²) in [6.07, 6.45) is 4.90. The lowest BCUT2D eigenvalue weighted by molar-refractivity contribution is -0.133. The fourth-order valence-corrected chi connectivity index (χ4v) is 1.63. The van der Waals surface area contributed by atoms with Crippen LogP contribution in [0.25, 0.3) is 0 Å². The quantitative estimate of drug-likeness (QED) is 0.637. The topological polar surface area (TPSA) is 55.6 Å². The first-order chi connectivity index (χ1) is 8.17. The Morgan fingerprint density at radius 2 is 1.76 bits per heavy atom. The van der Waals surface area contributed by atoms with E-state index in [1.54, 1.807) is 7.11 Å². The standard InChI is InChI=1S/C13H28N2O2/c1-4-6-9-15(10-7-5-2)13(16)12(14)8-11-17-3/h12H,4-11,14H2,1-3H3. The fourth-order valence-electron chi connectivity index (χ4n) is 1.63. The van der Waals surface area contributed by atoms with E-state index in [0.717, 1.165) is 38.8 Å². The lowest BCUT2D eigenvalue weighted by atomic mass is 10.1. The van der Waals surface area contributed by atoms with E-state index in [2.05, 4.69) is 13.8 Å². The van der Waals surface area contributed by atoms with Crippen LogP contribution in [0.1, 0.15) is 46.0 Å². The number of methoxy groups -OCH3 is 1. The van der Waals surface area contributed by atoms with E-state index in [-0.39, 0.29) is 5.91 Å². The van der Waals surface area contributed by atoms with Crippen LogP contribution in [0.2, 0.25) is 0 Å². The maximum absolute atomic E-state index is 12.1. The number of ether oxygens (including phenoxy) is 1. The largest absolute Gasteiger partial charge is 0.385 e. The van der Waals surface area contributed by atoms with E-state index in [9.17, 15) is 4.79 Å². The van der Waals surface area contributed by atoms with Crippen LogP contribution in [-0.4, -0.2) is 43.7 Å². The first-order valence-electron chi connectivity index (χ1n) is 6.70. The molecule has 0 fully saturated rings. The first kappa shape index (κ1) is 16.4. The van der Waals surface area contributed by atoms with Gasteiger partial charge in [0.2, 0.25) is 5.91 Å². The van der Waals surface area contributed by atoms with Gasteiger partial charge >= 0.3 is 0 Å². The minimum atomic E-state index is -0.413. The summed E-state index contributed by atoms with van der Waals surface area (Å²) in [7, 11) is 1.63. The van der Waals surface area contributed by atoms with Crippen molar-refractivity contribution in [2.75, 3.05) is 26.8 Å². The summed E-state index contributed by atoms with van der Waals surface area (Å²) in [4.78, 5) is 14.0. The van der Waals surface area contributed by atoms with Crippen molar-refractivity contribution in [3.8, 4) is 0 Å². The zero-order chi connectivity index (χ0) is 13.1. The Hall–Kier alpha value is -0.610. The maximum Gasteiger partial charge on any atom is 0.239 e. The Morgan fingerprint density at radius 3 is 2.18 bits per heavy atom. The number of nitrogens with zero attached hydrogens (tertiary/aromatic N) is 1. The molecule has 1 unspecified atom stereocenters. The first-order valence-corrected chi connectivity index (χ1v) is 6.70. The van der Waals surface area contributed by atoms with Gasteiger partial charge in [-0.25, -0.2) is 0 Å². The molecular weight excluding hydrogens is 216 g/mol. The second-order valence-electron chi connectivity index (χ2n) is 4.42. The molecule has 0 aromatic rings. The van der Waals surface area contributed by atoms with Crippen molar-refractivity contribution in [2.45, 2.75) is 52.0 Å². The van der Waals surface area contributed by atoms with Gasteiger partial charge in [-0.2, -0.15) is 0 Å². The molecule has 0 aromatic carbocycles. The average molecular weight is 244 g/mol. The summed E-state index contributed by atoms with van der Waals surface area (Å²) in [5.74, 6) is 0.0731. The van der Waals surface area contributed by atoms with Crippen LogP contribution in [0, 0.1) is 0 Å². The highest BCUT2D eigenvalue weighted by Gasteiger charge is 2.19. The molecule has 17 heavy (non-hydrogen) atoms. The minimum Gasteiger partial charge on any atom is -0.385 e. The molecule has 0 aliphatic carbocycles. The Labute approximate surface area is 105 Å². The Kier molecular flexibility index (Phi) is 10.2. The maximum atomic E-state index is 12.1. The van der Waals surface area contributed by atoms with Gasteiger partial charge in [0.05, 0.1) is 6.04 Å². The van der Waals surface area contributed by atoms with Gasteiger partial charge in [0.1, 0.15) is 0 Å². The molecule has 2 N–H and O–H groups in total. The van der Waals surface area contributed by atoms with Crippen molar-refractivity contribution in [1.82, 2.24) is 4.90 Å². The van der Waals surface area contributed by atoms with E-state index in [0.29, 0.717) is 13.0 Å². The molecule has 0 radical (unpaired) electrons. The molecule has 0 aromatic heterocycles. The van der Waals surface area contributed by atoms with E-state index >= 15 is 0 Å². The van der Waals surface area contributed by atoms with Gasteiger partial charge in [-0.15, -0.1) is 0 Å². The third-order valence-corrected chi connectivity index (χ3v) is 2.83. The molecule has 102 valence electrons. The molecule has 0 aliphatic heterocycles. The minimum absolute atomic E-state index is 0.0731. The molecule has 0 rings (SSSR count). The second kappa shape index (κ2) is 10.5. The zero-order valence-electron chi connectivity index (χ0n) is 11.6. The number of unbranched alkanes of at least 4 members (excludes halogenated alkanes) is 2. The number of rotatable bonds is 10. The summed E-state index contributed by atoms with van der Waals surface area (Å²) in [6, 6.07) is -0.413. The highest BCUT2D eigenvalue weighted by molar-refractivity contribution is 5.81. The van der Waals surface area contributed by atoms with Gasteiger partial charge < -0.3 is 15.4 Å². The van der Waals surface area contributed by atoms with E-state index < -0.39 is 6.04 Å². The fraction of sp³-hybridized carbons (Fsp3) is 0.923. The summed E-state index contributed by atoms with van der Waals surface area (Å²) in [5.41, 5.74) is 5.88. The molecule has 4 nitrogen and oxygen atoms in total. The number of hydrogen-bond acceptors (Lipinski definition) is 3. The van der Waals surface area contributed by atoms with Crippen molar-refractivity contribution in [2.24, 2.45) is 5.73 Å². The van der Waals surface area contributed by atoms with E-state index in [4.69, 9.17) is 10.5 Å². The Balaban J connectivity index is 4.18. The van der Waals surface area contributed by atoms with Crippen molar-refractivity contribution >= 4 is 5.91 Å². The summed E-state index contributed by atoms with van der Waals surface area (Å²) < 4.78 is 4.95. The van der Waals surface area contributed by atoms with Crippen LogP contribution in [0.15, 0.2) is 0 Å². The van der Waals surface area contributed by atoms with Gasteiger partial charge in [-0.1, -0.05) is 26.7 Å². The van der Waals surface area contributed by atoms with Gasteiger partial charge in [0.25, 0.3) is 0 Å². The second-order valence-corrected chi connectivity index (χ2v) is 4.42. The monoisotopic (exact) mass is 244 g/mol. The number of carbonyl (C=O) groups excluding carboxylic acids is 1. The molecule has 0 saturated heterocycles. The molecule has 0 aliphatic rings. The van der Waals surface area contributed by atoms with Gasteiger partial charge in [0, 0.05) is 26.8 Å². The molecule has 0 bridgehead atoms. The van der Waals surface area contributed by atoms with E-state index in [1.807, 2.05) is 4.90 Å². The molecule has 1 amide bonds. The number of amides is 1. The predicted molar refractivity (Wildman–Crippen MR) is 70.9 cm³/mol. The normalized spacial score (nSPS) is 12.5. The molecular formula is C13H28N2O2. The van der Waals surface area contributed by atoms with Crippen molar-refractivity contribution in [3.63, 3.8) is 0 Å². The van der Waals surface area contributed by atoms with Crippen LogP contribution in [0.5, 0.6) is 0 Å². The average Bonchev–Trinajstić information content (AvgIpc) is 2.35. The van der Waals surface area contributed by atoms with Crippen LogP contribution in [0.4, 0.5) is 0 Å². The van der Waals surface area contributed by atoms with Crippen LogP contribution in [0.3, 0.4) is 0 Å². The smallest absolute Gasteiger partial charge is 0.239 e. The zero-order valence-corrected chi connectivity index (χ0v) is 11.6. The van der Waals surface area contributed by atoms with Crippen LogP contribution >= 0.6 is 0 Å². The van der Waals surface area contributed by atoms with Gasteiger partial charge in [-0.05, 0) is 19.3 Å². The molecule has 0 heterocycles. The highest BCUT2D eigenvalue weighted by Crippen LogP contribution is 2.03. The summed E-state index contributed by atoms with van der Waals surface area (Å²) >= 11 is 0. The van der Waals surface area contributed by atoms with Gasteiger partial charge in [0.15, 0.2) is 0 Å². The van der Waals surface area contributed by atoms with E-state index in [1.165, 1.54) is 0 Å². The molecule has 1 atom stereocenters. The van der Waals surface area contributed by atoms with Crippen molar-refractivity contribution in [1.29, 1.82) is 0 Å². The Morgan fingerprint density at radius 1 is 1.24 bits per heavy atom. The Bertz CT molecular complexity index is 190.